The molecule has 1 aliphatic rings. The average Bonchev–Trinajstić information content (AvgIpc) is 2.85. The van der Waals surface area contributed by atoms with Crippen molar-refractivity contribution in [3.63, 3.8) is 0 Å². The number of benzene rings is 1. The maximum Gasteiger partial charge on any atom is 0.255 e. The number of hydrogen-bond acceptors (Lipinski definition) is 7. The number of ether oxygens (including phenoxy) is 1. The predicted molar refractivity (Wildman–Crippen MR) is 161 cm³/mol. The molecule has 1 atom stereocenters. The van der Waals surface area contributed by atoms with Crippen LogP contribution in [0.1, 0.15) is 110 Å². The molecule has 1 aliphatic carbocycles. The summed E-state index contributed by atoms with van der Waals surface area (Å²) in [5.41, 5.74) is 16.1. The molecule has 1 saturated carbocycles. The topological polar surface area (TPSA) is 145 Å². The first-order valence-corrected chi connectivity index (χ1v) is 14.2. The van der Waals surface area contributed by atoms with Gasteiger partial charge in [0.25, 0.3) is 5.91 Å². The van der Waals surface area contributed by atoms with Crippen molar-refractivity contribution in [3.8, 4) is 5.75 Å². The Hall–Kier alpha value is -2.16. The van der Waals surface area contributed by atoms with Gasteiger partial charge in [-0.1, -0.05) is 32.1 Å². The first-order chi connectivity index (χ1) is 17.8. The molecular formula is C30H57N5O3. The molecule has 0 heterocycles. The summed E-state index contributed by atoms with van der Waals surface area (Å²) in [5.74, 6) is 1.35. The SMILES string of the molecule is CC(C)(N)C=O.CC(CC1CCCCC1)NC(=O)c1cc(NC(C)(C)C)ccc1OCCCCCN.CN. The van der Waals surface area contributed by atoms with Crippen molar-refractivity contribution < 1.29 is 14.3 Å². The predicted octanol–water partition coefficient (Wildman–Crippen LogP) is 4.99. The highest BCUT2D eigenvalue weighted by atomic mass is 16.5. The molecule has 1 fully saturated rings. The van der Waals surface area contributed by atoms with Crippen LogP contribution in [0.25, 0.3) is 0 Å². The van der Waals surface area contributed by atoms with Crippen molar-refractivity contribution in [3.05, 3.63) is 23.8 Å². The van der Waals surface area contributed by atoms with Crippen LogP contribution in [0.5, 0.6) is 5.75 Å². The number of carbonyl (C=O) groups excluding carboxylic acids is 2. The molecule has 1 aromatic carbocycles. The molecule has 220 valence electrons. The molecular weight excluding hydrogens is 478 g/mol. The number of nitrogens with one attached hydrogen (secondary N) is 2. The van der Waals surface area contributed by atoms with Gasteiger partial charge < -0.3 is 37.4 Å². The lowest BCUT2D eigenvalue weighted by atomic mass is 9.85. The Morgan fingerprint density at radius 1 is 1.08 bits per heavy atom. The lowest BCUT2D eigenvalue weighted by Crippen LogP contribution is -2.35. The first kappa shape index (κ1) is 35.8. The van der Waals surface area contributed by atoms with Crippen molar-refractivity contribution in [2.24, 2.45) is 23.1 Å². The number of nitrogens with two attached hydrogens (primary N) is 3. The van der Waals surface area contributed by atoms with Crippen LogP contribution in [-0.2, 0) is 4.79 Å². The monoisotopic (exact) mass is 535 g/mol. The molecule has 1 aromatic rings. The quantitative estimate of drug-likeness (QED) is 0.187. The van der Waals surface area contributed by atoms with Crippen LogP contribution in [0.15, 0.2) is 18.2 Å². The number of amides is 1. The van der Waals surface area contributed by atoms with E-state index in [4.69, 9.17) is 16.2 Å². The van der Waals surface area contributed by atoms with Gasteiger partial charge in [-0.15, -0.1) is 0 Å². The van der Waals surface area contributed by atoms with Gasteiger partial charge >= 0.3 is 0 Å². The fraction of sp³-hybridized carbons (Fsp3) is 0.733. The maximum absolute atomic E-state index is 13.1. The van der Waals surface area contributed by atoms with Crippen LogP contribution in [0, 0.1) is 5.92 Å². The van der Waals surface area contributed by atoms with Crippen LogP contribution in [0.3, 0.4) is 0 Å². The highest BCUT2D eigenvalue weighted by molar-refractivity contribution is 5.98. The minimum Gasteiger partial charge on any atom is -0.493 e. The number of rotatable bonds is 12. The molecule has 0 aliphatic heterocycles. The molecule has 0 spiro atoms. The third-order valence-corrected chi connectivity index (χ3v) is 5.94. The van der Waals surface area contributed by atoms with Gasteiger partial charge in [0.1, 0.15) is 12.0 Å². The Bertz CT molecular complexity index is 781. The van der Waals surface area contributed by atoms with Gasteiger partial charge in [0.05, 0.1) is 17.7 Å². The van der Waals surface area contributed by atoms with Gasteiger partial charge in [0, 0.05) is 17.3 Å². The second-order valence-electron chi connectivity index (χ2n) is 11.8. The average molecular weight is 536 g/mol. The summed E-state index contributed by atoms with van der Waals surface area (Å²) >= 11 is 0. The summed E-state index contributed by atoms with van der Waals surface area (Å²) in [7, 11) is 1.50. The van der Waals surface area contributed by atoms with E-state index in [0.717, 1.165) is 37.3 Å². The van der Waals surface area contributed by atoms with Crippen LogP contribution >= 0.6 is 0 Å². The van der Waals surface area contributed by atoms with Gasteiger partial charge in [0.15, 0.2) is 0 Å². The number of hydrogen-bond donors (Lipinski definition) is 5. The van der Waals surface area contributed by atoms with Gasteiger partial charge in [-0.2, -0.15) is 0 Å². The molecule has 8 N–H and O–H groups in total. The summed E-state index contributed by atoms with van der Waals surface area (Å²) < 4.78 is 5.99. The van der Waals surface area contributed by atoms with Crippen molar-refractivity contribution in [1.29, 1.82) is 0 Å². The molecule has 1 unspecified atom stereocenters. The van der Waals surface area contributed by atoms with Crippen LogP contribution in [0.4, 0.5) is 5.69 Å². The molecule has 38 heavy (non-hydrogen) atoms. The second-order valence-corrected chi connectivity index (χ2v) is 11.8. The Kier molecular flexibility index (Phi) is 17.9. The van der Waals surface area contributed by atoms with Crippen LogP contribution in [0.2, 0.25) is 0 Å². The van der Waals surface area contributed by atoms with E-state index >= 15 is 0 Å². The van der Waals surface area contributed by atoms with E-state index < -0.39 is 5.54 Å². The zero-order chi connectivity index (χ0) is 29.2. The van der Waals surface area contributed by atoms with Crippen LogP contribution < -0.4 is 32.6 Å². The Morgan fingerprint density at radius 2 is 1.68 bits per heavy atom. The van der Waals surface area contributed by atoms with Gasteiger partial charge in [-0.05, 0) is 105 Å². The van der Waals surface area contributed by atoms with E-state index in [1.54, 1.807) is 13.8 Å². The number of carbonyl (C=O) groups is 2. The molecule has 2 rings (SSSR count). The first-order valence-electron chi connectivity index (χ1n) is 14.2. The largest absolute Gasteiger partial charge is 0.493 e. The summed E-state index contributed by atoms with van der Waals surface area (Å²) in [6.45, 7) is 13.1. The zero-order valence-electron chi connectivity index (χ0n) is 25.2. The minimum atomic E-state index is -0.639. The Labute approximate surface area is 232 Å². The molecule has 0 aromatic heterocycles. The molecule has 0 saturated heterocycles. The molecule has 8 nitrogen and oxygen atoms in total. The van der Waals surface area contributed by atoms with E-state index in [0.29, 0.717) is 30.8 Å². The standard InChI is InChI=1S/C25H43N3O2.C4H9NO.CH5N/c1-19(17-20-11-7-5-8-12-20)27-24(29)22-18-21(28-25(2,3)4)13-14-23(22)30-16-10-6-9-15-26;1-4(2,5)3-6;1-2/h13-14,18-20,28H,5-12,15-17,26H2,1-4H3,(H,27,29);3H,5H2,1-2H3;2H2,1H3. The van der Waals surface area contributed by atoms with Crippen molar-refractivity contribution >= 4 is 17.9 Å². The zero-order valence-corrected chi connectivity index (χ0v) is 25.2. The summed E-state index contributed by atoms with van der Waals surface area (Å²) in [6.07, 6.45) is 11.4. The highest BCUT2D eigenvalue weighted by Gasteiger charge is 2.21. The Balaban J connectivity index is 0.00000150. The summed E-state index contributed by atoms with van der Waals surface area (Å²) in [4.78, 5) is 22.8. The third kappa shape index (κ3) is 17.4. The number of unbranched alkanes of at least 4 members (excludes halogenated alkanes) is 2. The number of aldehydes is 1. The lowest BCUT2D eigenvalue weighted by Gasteiger charge is -2.26. The third-order valence-electron chi connectivity index (χ3n) is 5.94. The lowest BCUT2D eigenvalue weighted by molar-refractivity contribution is -0.111. The maximum atomic E-state index is 13.1. The van der Waals surface area contributed by atoms with Crippen molar-refractivity contribution in [1.82, 2.24) is 5.32 Å². The van der Waals surface area contributed by atoms with E-state index in [9.17, 15) is 9.59 Å². The molecule has 1 amide bonds. The normalized spacial score (nSPS) is 14.7. The van der Waals surface area contributed by atoms with E-state index in [1.807, 2.05) is 18.2 Å². The summed E-state index contributed by atoms with van der Waals surface area (Å²) in [5, 5.41) is 6.68. The molecule has 0 bridgehead atoms. The van der Waals surface area contributed by atoms with Crippen LogP contribution in [-0.4, -0.2) is 49.5 Å². The van der Waals surface area contributed by atoms with E-state index in [-0.39, 0.29) is 17.5 Å². The van der Waals surface area contributed by atoms with Gasteiger partial charge in [0.2, 0.25) is 0 Å². The smallest absolute Gasteiger partial charge is 0.255 e. The number of anilines is 1. The van der Waals surface area contributed by atoms with E-state index in [2.05, 4.69) is 44.1 Å². The minimum absolute atomic E-state index is 0.0483. The second kappa shape index (κ2) is 19.0. The summed E-state index contributed by atoms with van der Waals surface area (Å²) in [6, 6.07) is 5.99. The fourth-order valence-corrected chi connectivity index (χ4v) is 4.23. The highest BCUT2D eigenvalue weighted by Crippen LogP contribution is 2.28. The Morgan fingerprint density at radius 3 is 2.21 bits per heavy atom. The molecule has 8 heteroatoms. The molecule has 0 radical (unpaired) electrons. The van der Waals surface area contributed by atoms with Crippen molar-refractivity contribution in [2.45, 2.75) is 116 Å². The van der Waals surface area contributed by atoms with E-state index in [1.165, 1.54) is 39.2 Å². The van der Waals surface area contributed by atoms with Gasteiger partial charge in [-0.3, -0.25) is 4.79 Å². The fourth-order valence-electron chi connectivity index (χ4n) is 4.23. The van der Waals surface area contributed by atoms with Crippen molar-refractivity contribution in [2.75, 3.05) is 25.5 Å². The van der Waals surface area contributed by atoms with Gasteiger partial charge in [-0.25, -0.2) is 0 Å².